The van der Waals surface area contributed by atoms with Crippen LogP contribution in [0.2, 0.25) is 0 Å². The van der Waals surface area contributed by atoms with Crippen molar-refractivity contribution in [2.45, 2.75) is 44.1 Å². The van der Waals surface area contributed by atoms with Gasteiger partial charge in [0, 0.05) is 17.0 Å². The molecule has 6 heteroatoms. The van der Waals surface area contributed by atoms with E-state index in [0.29, 0.717) is 11.4 Å². The molecule has 0 saturated heterocycles. The van der Waals surface area contributed by atoms with Crippen molar-refractivity contribution in [2.75, 3.05) is 0 Å². The van der Waals surface area contributed by atoms with Crippen molar-refractivity contribution >= 4 is 17.1 Å². The molecule has 6 rings (SSSR count). The molecule has 1 spiro atoms. The van der Waals surface area contributed by atoms with Gasteiger partial charge in [0.05, 0.1) is 11.8 Å². The van der Waals surface area contributed by atoms with Crippen molar-refractivity contribution < 1.29 is 9.53 Å². The third-order valence-corrected chi connectivity index (χ3v) is 6.75. The van der Waals surface area contributed by atoms with Gasteiger partial charge >= 0.3 is 5.97 Å². The minimum atomic E-state index is -0.478. The molecule has 154 valence electrons. The first kappa shape index (κ1) is 18.2. The fourth-order valence-electron chi connectivity index (χ4n) is 5.05. The number of aromatic nitrogens is 4. The molecule has 3 heterocycles. The number of hydrogen-bond donors (Lipinski definition) is 1. The van der Waals surface area contributed by atoms with E-state index in [1.54, 1.807) is 6.20 Å². The molecule has 0 bridgehead atoms. The molecular weight excluding hydrogens is 388 g/mol. The maximum atomic E-state index is 12.3. The van der Waals surface area contributed by atoms with Crippen LogP contribution in [-0.4, -0.2) is 25.9 Å². The van der Waals surface area contributed by atoms with Crippen LogP contribution in [0.3, 0.4) is 0 Å². The molecule has 1 aliphatic carbocycles. The molecule has 1 saturated carbocycles. The Balaban J connectivity index is 1.27. The minimum absolute atomic E-state index is 0.197. The van der Waals surface area contributed by atoms with Gasteiger partial charge in [-0.1, -0.05) is 42.5 Å². The van der Waals surface area contributed by atoms with E-state index in [-0.39, 0.29) is 11.9 Å². The van der Waals surface area contributed by atoms with Crippen LogP contribution in [0.1, 0.15) is 58.9 Å². The lowest BCUT2D eigenvalue weighted by atomic mass is 9.75. The highest BCUT2D eigenvalue weighted by Crippen LogP contribution is 2.49. The zero-order valence-electron chi connectivity index (χ0n) is 17.3. The molecule has 0 unspecified atom stereocenters. The fourth-order valence-corrected chi connectivity index (χ4v) is 5.05. The number of aryl methyl sites for hydroxylation is 1. The third kappa shape index (κ3) is 2.86. The summed E-state index contributed by atoms with van der Waals surface area (Å²) in [6.45, 7) is 2.06. The van der Waals surface area contributed by atoms with Crippen LogP contribution in [0.5, 0.6) is 0 Å². The minimum Gasteiger partial charge on any atom is -0.451 e. The fraction of sp³-hybridized carbons (Fsp3) is 0.280. The monoisotopic (exact) mass is 410 g/mol. The summed E-state index contributed by atoms with van der Waals surface area (Å²) in [5.41, 5.74) is 4.99. The second-order valence-corrected chi connectivity index (χ2v) is 8.57. The Hall–Kier alpha value is -3.54. The summed E-state index contributed by atoms with van der Waals surface area (Å²) in [4.78, 5) is 29.8. The molecule has 6 nitrogen and oxygen atoms in total. The second-order valence-electron chi connectivity index (χ2n) is 8.57. The Bertz CT molecular complexity index is 1320. The summed E-state index contributed by atoms with van der Waals surface area (Å²) in [5, 5.41) is 0. The van der Waals surface area contributed by atoms with Gasteiger partial charge in [0.25, 0.3) is 0 Å². The largest absolute Gasteiger partial charge is 0.451 e. The number of esters is 1. The lowest BCUT2D eigenvalue weighted by Gasteiger charge is -2.35. The number of imidazole rings is 1. The number of carbonyl (C=O) groups excluding carboxylic acids is 1. The molecule has 2 aromatic carbocycles. The number of benzene rings is 2. The number of carbonyl (C=O) groups is 1. The number of nitrogens with one attached hydrogen (secondary N) is 1. The molecule has 0 amide bonds. The summed E-state index contributed by atoms with van der Waals surface area (Å²) in [6, 6.07) is 15.9. The smallest absolute Gasteiger partial charge is 0.339 e. The number of fused-ring (bicyclic) bond motifs is 3. The van der Waals surface area contributed by atoms with Crippen molar-refractivity contribution in [1.82, 2.24) is 19.9 Å². The molecule has 1 aliphatic heterocycles. The first-order valence-electron chi connectivity index (χ1n) is 10.7. The van der Waals surface area contributed by atoms with Crippen LogP contribution in [0, 0.1) is 6.92 Å². The van der Waals surface area contributed by atoms with Crippen LogP contribution < -0.4 is 0 Å². The normalized spacial score (nSPS) is 22.6. The Kier molecular flexibility index (Phi) is 3.96. The van der Waals surface area contributed by atoms with Crippen LogP contribution in [-0.2, 0) is 10.3 Å². The number of H-pyrrole nitrogens is 1. The van der Waals surface area contributed by atoms with Gasteiger partial charge in [0.1, 0.15) is 16.9 Å². The van der Waals surface area contributed by atoms with Gasteiger partial charge in [-0.3, -0.25) is 0 Å². The summed E-state index contributed by atoms with van der Waals surface area (Å²) in [7, 11) is 0. The van der Waals surface area contributed by atoms with Gasteiger partial charge < -0.3 is 9.72 Å². The van der Waals surface area contributed by atoms with Gasteiger partial charge in [-0.2, -0.15) is 0 Å². The van der Waals surface area contributed by atoms with E-state index < -0.39 is 5.60 Å². The van der Waals surface area contributed by atoms with Gasteiger partial charge in [-0.25, -0.2) is 19.7 Å². The van der Waals surface area contributed by atoms with Crippen LogP contribution >= 0.6 is 0 Å². The van der Waals surface area contributed by atoms with Crippen LogP contribution in [0.4, 0.5) is 0 Å². The Labute approximate surface area is 179 Å². The molecule has 0 radical (unpaired) electrons. The molecule has 31 heavy (non-hydrogen) atoms. The first-order valence-corrected chi connectivity index (χ1v) is 10.7. The Morgan fingerprint density at radius 1 is 1.00 bits per heavy atom. The lowest BCUT2D eigenvalue weighted by molar-refractivity contribution is -0.0312. The molecule has 1 N–H and O–H groups in total. The van der Waals surface area contributed by atoms with Crippen molar-refractivity contribution in [3.63, 3.8) is 0 Å². The summed E-state index contributed by atoms with van der Waals surface area (Å²) >= 11 is 0. The molecule has 2 aliphatic rings. The standard InChI is InChI=1S/C25H22N4O2/c1-15-6-2-3-7-17(15)22-26-14-20-23(29-22)28-21(27-20)16-10-12-25(13-11-16)19-9-5-4-8-18(19)24(30)31-25/h2-9,14,16H,10-13H2,1H3,(H,26,27,28,29). The average Bonchev–Trinajstić information content (AvgIpc) is 3.34. The summed E-state index contributed by atoms with van der Waals surface area (Å²) < 4.78 is 5.89. The zero-order chi connectivity index (χ0) is 21.0. The molecule has 0 atom stereocenters. The number of hydrogen-bond acceptors (Lipinski definition) is 5. The SMILES string of the molecule is Cc1ccccc1-c1ncc2nc(C3CCC4(CC3)OC(=O)c3ccccc34)[nH]c2n1. The number of nitrogens with zero attached hydrogens (tertiary/aromatic N) is 3. The highest BCUT2D eigenvalue weighted by atomic mass is 16.6. The lowest BCUT2D eigenvalue weighted by Crippen LogP contribution is -2.31. The molecule has 4 aromatic rings. The molecule has 1 fully saturated rings. The highest BCUT2D eigenvalue weighted by molar-refractivity contribution is 5.94. The number of rotatable bonds is 2. The van der Waals surface area contributed by atoms with Crippen molar-refractivity contribution in [3.8, 4) is 11.4 Å². The zero-order valence-corrected chi connectivity index (χ0v) is 17.3. The van der Waals surface area contributed by atoms with E-state index in [0.717, 1.165) is 59.4 Å². The predicted molar refractivity (Wildman–Crippen MR) is 117 cm³/mol. The predicted octanol–water partition coefficient (Wildman–Crippen LogP) is 5.05. The highest BCUT2D eigenvalue weighted by Gasteiger charge is 2.47. The van der Waals surface area contributed by atoms with Gasteiger partial charge in [0.2, 0.25) is 0 Å². The van der Waals surface area contributed by atoms with Crippen molar-refractivity contribution in [1.29, 1.82) is 0 Å². The van der Waals surface area contributed by atoms with Gasteiger partial charge in [0.15, 0.2) is 11.5 Å². The molecular formula is C25H22N4O2. The second kappa shape index (κ2) is 6.74. The number of ether oxygens (including phenoxy) is 1. The quantitative estimate of drug-likeness (QED) is 0.468. The van der Waals surface area contributed by atoms with E-state index in [2.05, 4.69) is 23.0 Å². The number of aromatic amines is 1. The third-order valence-electron chi connectivity index (χ3n) is 6.75. The van der Waals surface area contributed by atoms with Gasteiger partial charge in [-0.05, 0) is 44.2 Å². The molecule has 2 aromatic heterocycles. The van der Waals surface area contributed by atoms with Crippen molar-refractivity contribution in [3.05, 3.63) is 77.2 Å². The van der Waals surface area contributed by atoms with E-state index in [4.69, 9.17) is 14.7 Å². The first-order chi connectivity index (χ1) is 15.1. The summed E-state index contributed by atoms with van der Waals surface area (Å²) in [5.74, 6) is 1.74. The van der Waals surface area contributed by atoms with Crippen molar-refractivity contribution in [2.24, 2.45) is 0 Å². The topological polar surface area (TPSA) is 80.8 Å². The van der Waals surface area contributed by atoms with Gasteiger partial charge in [-0.15, -0.1) is 0 Å². The van der Waals surface area contributed by atoms with Crippen LogP contribution in [0.15, 0.2) is 54.7 Å². The maximum absolute atomic E-state index is 12.3. The van der Waals surface area contributed by atoms with E-state index in [1.165, 1.54) is 0 Å². The van der Waals surface area contributed by atoms with E-state index >= 15 is 0 Å². The van der Waals surface area contributed by atoms with Crippen LogP contribution in [0.25, 0.3) is 22.6 Å². The van der Waals surface area contributed by atoms with E-state index in [1.807, 2.05) is 42.5 Å². The summed E-state index contributed by atoms with van der Waals surface area (Å²) in [6.07, 6.45) is 5.21. The Morgan fingerprint density at radius 3 is 2.55 bits per heavy atom. The van der Waals surface area contributed by atoms with E-state index in [9.17, 15) is 4.79 Å². The average molecular weight is 410 g/mol. The Morgan fingerprint density at radius 2 is 1.74 bits per heavy atom. The maximum Gasteiger partial charge on any atom is 0.339 e.